The molecule has 1 aromatic carbocycles. The van der Waals surface area contributed by atoms with E-state index in [1.165, 1.54) is 9.80 Å². The van der Waals surface area contributed by atoms with Gasteiger partial charge in [-0.2, -0.15) is 0 Å². The van der Waals surface area contributed by atoms with Gasteiger partial charge in [0.05, 0.1) is 23.9 Å². The minimum Gasteiger partial charge on any atom is -0.354 e. The summed E-state index contributed by atoms with van der Waals surface area (Å²) in [4.78, 5) is 41.1. The van der Waals surface area contributed by atoms with E-state index in [9.17, 15) is 14.4 Å². The fourth-order valence-electron chi connectivity index (χ4n) is 3.45. The molecule has 2 heterocycles. The number of nitrogens with zero attached hydrogens (tertiary/aromatic N) is 2. The molecule has 3 rings (SSSR count). The first kappa shape index (κ1) is 20.9. The van der Waals surface area contributed by atoms with E-state index in [0.29, 0.717) is 28.8 Å². The zero-order valence-electron chi connectivity index (χ0n) is 16.6. The monoisotopic (exact) mass is 416 g/mol. The molecule has 0 bridgehead atoms. The molecule has 0 radical (unpaired) electrons. The molecule has 1 atom stereocenters. The van der Waals surface area contributed by atoms with Crippen molar-refractivity contribution in [1.82, 2.24) is 20.4 Å². The Balaban J connectivity index is 1.88. The van der Waals surface area contributed by atoms with Gasteiger partial charge in [0, 0.05) is 18.1 Å². The fourth-order valence-corrected chi connectivity index (χ4v) is 3.58. The third-order valence-corrected chi connectivity index (χ3v) is 5.11. The molecule has 154 valence electrons. The molecule has 0 saturated carbocycles. The number of hydrogen-bond acceptors (Lipinski definition) is 3. The number of rotatable bonds is 7. The number of halogens is 1. The van der Waals surface area contributed by atoms with Gasteiger partial charge in [0.15, 0.2) is 0 Å². The third-order valence-electron chi connectivity index (χ3n) is 4.85. The van der Waals surface area contributed by atoms with Crippen molar-refractivity contribution in [3.05, 3.63) is 58.8 Å². The lowest BCUT2D eigenvalue weighted by Crippen LogP contribution is -2.47. The van der Waals surface area contributed by atoms with Gasteiger partial charge in [-0.3, -0.25) is 14.5 Å². The Hall–Kier alpha value is -2.80. The maximum atomic E-state index is 13.2. The minimum atomic E-state index is -0.591. The molecular weight excluding hydrogens is 392 g/mol. The standard InChI is InChI=1S/C21H25ClN4O3/c1-4-9-26-16-11-25(12-17(27)23-10-13(2)3)20(28)18(16)19(24-21(26)29)14-5-7-15(22)8-6-14/h4-8,13,19H,1,9-12H2,2-3H3,(H,23,27)(H,24,29). The molecule has 7 nitrogen and oxygen atoms in total. The van der Waals surface area contributed by atoms with Crippen molar-refractivity contribution < 1.29 is 14.4 Å². The van der Waals surface area contributed by atoms with E-state index in [2.05, 4.69) is 17.2 Å². The van der Waals surface area contributed by atoms with E-state index in [1.807, 2.05) is 13.8 Å². The van der Waals surface area contributed by atoms with Gasteiger partial charge in [0.1, 0.15) is 6.54 Å². The first-order valence-electron chi connectivity index (χ1n) is 9.55. The highest BCUT2D eigenvalue weighted by molar-refractivity contribution is 6.30. The minimum absolute atomic E-state index is 0.0536. The van der Waals surface area contributed by atoms with E-state index in [4.69, 9.17) is 11.6 Å². The lowest BCUT2D eigenvalue weighted by molar-refractivity contribution is -0.132. The topological polar surface area (TPSA) is 81.8 Å². The van der Waals surface area contributed by atoms with Crippen molar-refractivity contribution in [2.24, 2.45) is 5.92 Å². The van der Waals surface area contributed by atoms with Crippen LogP contribution in [0.25, 0.3) is 0 Å². The molecule has 29 heavy (non-hydrogen) atoms. The molecule has 0 spiro atoms. The molecule has 0 saturated heterocycles. The van der Waals surface area contributed by atoms with Crippen LogP contribution in [0.3, 0.4) is 0 Å². The zero-order valence-corrected chi connectivity index (χ0v) is 17.3. The second kappa shape index (κ2) is 8.69. The van der Waals surface area contributed by atoms with Gasteiger partial charge in [-0.1, -0.05) is 43.7 Å². The lowest BCUT2D eigenvalue weighted by Gasteiger charge is -2.33. The smallest absolute Gasteiger partial charge is 0.322 e. The Morgan fingerprint density at radius 2 is 2.03 bits per heavy atom. The summed E-state index contributed by atoms with van der Waals surface area (Å²) < 4.78 is 0. The van der Waals surface area contributed by atoms with Gasteiger partial charge in [0.25, 0.3) is 5.91 Å². The molecule has 0 aliphatic carbocycles. The highest BCUT2D eigenvalue weighted by atomic mass is 35.5. The highest BCUT2D eigenvalue weighted by Gasteiger charge is 2.44. The van der Waals surface area contributed by atoms with E-state index in [1.54, 1.807) is 30.3 Å². The Morgan fingerprint density at radius 3 is 2.66 bits per heavy atom. The van der Waals surface area contributed by atoms with Gasteiger partial charge in [0.2, 0.25) is 5.91 Å². The molecule has 2 N–H and O–H groups in total. The summed E-state index contributed by atoms with van der Waals surface area (Å²) >= 11 is 5.98. The highest BCUT2D eigenvalue weighted by Crippen LogP contribution is 2.36. The second-order valence-corrected chi connectivity index (χ2v) is 7.99. The maximum Gasteiger partial charge on any atom is 0.322 e. The number of benzene rings is 1. The molecule has 0 aromatic heterocycles. The molecule has 1 unspecified atom stereocenters. The normalized spacial score (nSPS) is 18.8. The molecule has 2 aliphatic rings. The van der Waals surface area contributed by atoms with E-state index in [0.717, 1.165) is 5.56 Å². The van der Waals surface area contributed by atoms with Gasteiger partial charge in [-0.15, -0.1) is 6.58 Å². The van der Waals surface area contributed by atoms with Crippen LogP contribution in [0.1, 0.15) is 25.5 Å². The summed E-state index contributed by atoms with van der Waals surface area (Å²) in [6.45, 7) is 8.67. The number of hydrogen-bond donors (Lipinski definition) is 2. The summed E-state index contributed by atoms with van der Waals surface area (Å²) in [6, 6.07) is 6.11. The lowest BCUT2D eigenvalue weighted by atomic mass is 9.95. The van der Waals surface area contributed by atoms with E-state index >= 15 is 0 Å². The van der Waals surface area contributed by atoms with E-state index in [-0.39, 0.29) is 37.5 Å². The summed E-state index contributed by atoms with van der Waals surface area (Å²) in [5.41, 5.74) is 1.84. The van der Waals surface area contributed by atoms with Crippen LogP contribution in [0.4, 0.5) is 4.79 Å². The Bertz CT molecular complexity index is 863. The van der Waals surface area contributed by atoms with Gasteiger partial charge >= 0.3 is 6.03 Å². The first-order valence-corrected chi connectivity index (χ1v) is 9.93. The molecule has 1 aromatic rings. The summed E-state index contributed by atoms with van der Waals surface area (Å²) in [5.74, 6) is -0.156. The van der Waals surface area contributed by atoms with Gasteiger partial charge < -0.3 is 15.5 Å². The van der Waals surface area contributed by atoms with Crippen LogP contribution in [0.15, 0.2) is 48.2 Å². The summed E-state index contributed by atoms with van der Waals surface area (Å²) in [7, 11) is 0. The van der Waals surface area contributed by atoms with Crippen LogP contribution < -0.4 is 10.6 Å². The predicted molar refractivity (Wildman–Crippen MR) is 111 cm³/mol. The van der Waals surface area contributed by atoms with Gasteiger partial charge in [-0.05, 0) is 23.6 Å². The second-order valence-electron chi connectivity index (χ2n) is 7.55. The van der Waals surface area contributed by atoms with E-state index < -0.39 is 6.04 Å². The summed E-state index contributed by atoms with van der Waals surface area (Å²) in [6.07, 6.45) is 1.61. The number of amides is 4. The van der Waals surface area contributed by atoms with Crippen molar-refractivity contribution >= 4 is 29.4 Å². The third kappa shape index (κ3) is 4.45. The number of carbonyl (C=O) groups is 3. The van der Waals surface area contributed by atoms with Crippen molar-refractivity contribution in [3.8, 4) is 0 Å². The van der Waals surface area contributed by atoms with Crippen molar-refractivity contribution in [2.45, 2.75) is 19.9 Å². The zero-order chi connectivity index (χ0) is 21.1. The van der Waals surface area contributed by atoms with Crippen LogP contribution >= 0.6 is 11.6 Å². The molecule has 8 heteroatoms. The largest absolute Gasteiger partial charge is 0.354 e. The SMILES string of the molecule is C=CCN1C(=O)NC(c2ccc(Cl)cc2)C2=C1CN(CC(=O)NCC(C)C)C2=O. The molecule has 2 aliphatic heterocycles. The fraction of sp³-hybridized carbons (Fsp3) is 0.381. The Labute approximate surface area is 175 Å². The number of nitrogens with one attached hydrogen (secondary N) is 2. The molecular formula is C21H25ClN4O3. The Kier molecular flexibility index (Phi) is 6.27. The van der Waals surface area contributed by atoms with Crippen molar-refractivity contribution in [3.63, 3.8) is 0 Å². The van der Waals surface area contributed by atoms with Crippen molar-refractivity contribution in [1.29, 1.82) is 0 Å². The predicted octanol–water partition coefficient (Wildman–Crippen LogP) is 2.46. The first-order chi connectivity index (χ1) is 13.8. The quantitative estimate of drug-likeness (QED) is 0.670. The van der Waals surface area contributed by atoms with Crippen LogP contribution in [-0.4, -0.2) is 53.8 Å². The number of carbonyl (C=O) groups excluding carboxylic acids is 3. The van der Waals surface area contributed by atoms with Crippen LogP contribution in [0.5, 0.6) is 0 Å². The van der Waals surface area contributed by atoms with Gasteiger partial charge in [-0.25, -0.2) is 4.79 Å². The summed E-state index contributed by atoms with van der Waals surface area (Å²) in [5, 5.41) is 6.29. The molecule has 0 fully saturated rings. The van der Waals surface area contributed by atoms with Crippen molar-refractivity contribution in [2.75, 3.05) is 26.2 Å². The van der Waals surface area contributed by atoms with Crippen LogP contribution in [-0.2, 0) is 9.59 Å². The average Bonchev–Trinajstić information content (AvgIpc) is 2.99. The Morgan fingerprint density at radius 1 is 1.34 bits per heavy atom. The number of urea groups is 1. The molecule has 4 amide bonds. The van der Waals surface area contributed by atoms with Crippen LogP contribution in [0, 0.1) is 5.92 Å². The van der Waals surface area contributed by atoms with Crippen LogP contribution in [0.2, 0.25) is 5.02 Å². The average molecular weight is 417 g/mol. The maximum absolute atomic E-state index is 13.2.